The second-order valence-corrected chi connectivity index (χ2v) is 6.12. The van der Waals surface area contributed by atoms with E-state index in [1.807, 2.05) is 0 Å². The molecule has 6 nitrogen and oxygen atoms in total. The van der Waals surface area contributed by atoms with E-state index in [1.54, 1.807) is 0 Å². The van der Waals surface area contributed by atoms with Crippen LogP contribution in [0.15, 0.2) is 0 Å². The Morgan fingerprint density at radius 3 is 1.18 bits per heavy atom. The summed E-state index contributed by atoms with van der Waals surface area (Å²) in [6, 6.07) is 0. The molecule has 0 saturated carbocycles. The minimum atomic E-state index is -4.64. The maximum Gasteiger partial charge on any atom is 0.340 e. The first kappa shape index (κ1) is 14.8. The molecule has 0 aliphatic rings. The van der Waals surface area contributed by atoms with Crippen LogP contribution in [0.5, 0.6) is 0 Å². The number of hydrogen-bond acceptors (Lipinski definition) is 2. The van der Waals surface area contributed by atoms with Crippen LogP contribution in [-0.2, 0) is 9.13 Å². The molecule has 1 radical (unpaired) electrons. The maximum absolute atomic E-state index is 10.2. The largest absolute Gasteiger partial charge is 0.340 e. The smallest absolute Gasteiger partial charge is 0.324 e. The van der Waals surface area contributed by atoms with E-state index in [0.717, 1.165) is 6.92 Å². The van der Waals surface area contributed by atoms with Crippen LogP contribution in [-0.4, -0.2) is 54.5 Å². The van der Waals surface area contributed by atoms with Gasteiger partial charge in [-0.05, 0) is 6.92 Å². The molecule has 0 atom stereocenters. The van der Waals surface area contributed by atoms with Gasteiger partial charge in [0.2, 0.25) is 0 Å². The molecule has 0 aromatic rings. The summed E-state index contributed by atoms with van der Waals surface area (Å²) >= 11 is 0. The molecule has 0 unspecified atom stereocenters. The molecule has 0 aliphatic heterocycles. The molecule has 11 heavy (non-hydrogen) atoms. The van der Waals surface area contributed by atoms with Crippen molar-refractivity contribution in [2.45, 2.75) is 12.3 Å². The van der Waals surface area contributed by atoms with Crippen LogP contribution in [0.2, 0.25) is 0 Å². The van der Waals surface area contributed by atoms with E-state index in [4.69, 9.17) is 19.6 Å². The van der Waals surface area contributed by atoms with Crippen LogP contribution >= 0.6 is 15.2 Å². The van der Waals surface area contributed by atoms with Crippen molar-refractivity contribution in [1.29, 1.82) is 0 Å². The summed E-state index contributed by atoms with van der Waals surface area (Å²) in [7, 11) is -9.28. The van der Waals surface area contributed by atoms with E-state index in [-0.39, 0.29) is 29.6 Å². The van der Waals surface area contributed by atoms with Gasteiger partial charge in [0.15, 0.2) is 5.40 Å². The Hall–Kier alpha value is 1.30. The Labute approximate surface area is 85.6 Å². The summed E-state index contributed by atoms with van der Waals surface area (Å²) in [4.78, 5) is 33.0. The van der Waals surface area contributed by atoms with Gasteiger partial charge >= 0.3 is 15.2 Å². The van der Waals surface area contributed by atoms with Gasteiger partial charge in [0.25, 0.3) is 0 Å². The molecule has 0 aromatic carbocycles. The van der Waals surface area contributed by atoms with E-state index in [2.05, 4.69) is 0 Å². The van der Waals surface area contributed by atoms with Gasteiger partial charge in [-0.2, -0.15) is 0 Å². The van der Waals surface area contributed by atoms with Gasteiger partial charge < -0.3 is 19.6 Å². The van der Waals surface area contributed by atoms with Gasteiger partial charge in [-0.15, -0.1) is 0 Å². The number of hydrogen-bond donors (Lipinski definition) is 4. The monoisotopic (exact) mass is 213 g/mol. The van der Waals surface area contributed by atoms with Gasteiger partial charge in [0, 0.05) is 29.6 Å². The molecule has 0 spiro atoms. The quantitative estimate of drug-likeness (QED) is 0.356. The van der Waals surface area contributed by atoms with Crippen LogP contribution in [0.25, 0.3) is 0 Å². The van der Waals surface area contributed by atoms with Crippen LogP contribution in [0.4, 0.5) is 0 Å². The molecular formula is C2H8NaO6P2. The van der Waals surface area contributed by atoms with Crippen molar-refractivity contribution in [2.24, 2.45) is 0 Å². The summed E-state index contributed by atoms with van der Waals surface area (Å²) in [5, 5.41) is -1.90. The zero-order valence-electron chi connectivity index (χ0n) is 6.08. The van der Waals surface area contributed by atoms with Gasteiger partial charge in [-0.3, -0.25) is 9.13 Å². The van der Waals surface area contributed by atoms with E-state index in [1.165, 1.54) is 0 Å². The Bertz CT molecular complexity index is 181. The molecule has 0 aliphatic carbocycles. The van der Waals surface area contributed by atoms with Crippen molar-refractivity contribution in [1.82, 2.24) is 0 Å². The van der Waals surface area contributed by atoms with Gasteiger partial charge in [-0.25, -0.2) is 0 Å². The molecule has 9 heteroatoms. The third-order valence-electron chi connectivity index (χ3n) is 0.974. The summed E-state index contributed by atoms with van der Waals surface area (Å²) in [5.74, 6) is 0. The fourth-order valence-electron chi connectivity index (χ4n) is 0.196. The predicted molar refractivity (Wildman–Crippen MR) is 39.3 cm³/mol. The zero-order chi connectivity index (χ0) is 8.58. The minimum Gasteiger partial charge on any atom is -0.324 e. The predicted octanol–water partition coefficient (Wildman–Crippen LogP) is -0.693. The molecule has 0 heterocycles. The van der Waals surface area contributed by atoms with Crippen molar-refractivity contribution < 1.29 is 28.7 Å². The van der Waals surface area contributed by atoms with Gasteiger partial charge in [-0.1, -0.05) is 0 Å². The molecule has 4 N–H and O–H groups in total. The fourth-order valence-corrected chi connectivity index (χ4v) is 1.76. The third kappa shape index (κ3) is 5.53. The molecule has 63 valence electrons. The maximum atomic E-state index is 10.2. The Morgan fingerprint density at radius 1 is 1.00 bits per heavy atom. The summed E-state index contributed by atoms with van der Waals surface area (Å²) in [6.07, 6.45) is 0. The molecular weight excluding hydrogens is 205 g/mol. The summed E-state index contributed by atoms with van der Waals surface area (Å²) < 4.78 is 20.4. The first-order valence-electron chi connectivity index (χ1n) is 2.26. The Kier molecular flexibility index (Phi) is 6.07. The van der Waals surface area contributed by atoms with E-state index >= 15 is 0 Å². The summed E-state index contributed by atoms with van der Waals surface area (Å²) in [6.45, 7) is 0.807. The zero-order valence-corrected chi connectivity index (χ0v) is 9.87. The molecule has 0 saturated heterocycles. The first-order chi connectivity index (χ1) is 4.15. The molecule has 0 aromatic heterocycles. The van der Waals surface area contributed by atoms with Crippen molar-refractivity contribution in [3.63, 3.8) is 0 Å². The topological polar surface area (TPSA) is 115 Å². The molecule has 0 amide bonds. The summed E-state index contributed by atoms with van der Waals surface area (Å²) in [5.41, 5.74) is 0. The van der Waals surface area contributed by atoms with Crippen LogP contribution in [0.3, 0.4) is 0 Å². The Balaban J connectivity index is 0. The van der Waals surface area contributed by atoms with Gasteiger partial charge in [0.05, 0.1) is 0 Å². The van der Waals surface area contributed by atoms with Crippen molar-refractivity contribution in [2.75, 3.05) is 0 Å². The molecule has 0 rings (SSSR count). The van der Waals surface area contributed by atoms with Crippen LogP contribution in [0.1, 0.15) is 6.92 Å². The normalized spacial score (nSPS) is 12.9. The van der Waals surface area contributed by atoms with Crippen molar-refractivity contribution in [3.05, 3.63) is 0 Å². The average molecular weight is 213 g/mol. The van der Waals surface area contributed by atoms with E-state index in [9.17, 15) is 9.13 Å². The van der Waals surface area contributed by atoms with Crippen LogP contribution < -0.4 is 0 Å². The molecule has 0 fully saturated rings. The second-order valence-electron chi connectivity index (χ2n) is 1.81. The van der Waals surface area contributed by atoms with Gasteiger partial charge in [0.1, 0.15) is 0 Å². The number of rotatable bonds is 2. The fraction of sp³-hybridized carbons (Fsp3) is 1.00. The van der Waals surface area contributed by atoms with Crippen molar-refractivity contribution in [3.8, 4) is 0 Å². The SMILES string of the molecule is CC(P(=O)(O)O)P(=O)(O)O.[Na]. The standard InChI is InChI=1S/C2H8O6P2.Na/c1-2(9(3,4)5)10(6,7)8;/h2H,1H3,(H2,3,4,5)(H2,6,7,8);. The third-order valence-corrected chi connectivity index (χ3v) is 4.73. The average Bonchev–Trinajstić information content (AvgIpc) is 1.59. The van der Waals surface area contributed by atoms with E-state index < -0.39 is 20.6 Å². The Morgan fingerprint density at radius 2 is 1.18 bits per heavy atom. The van der Waals surface area contributed by atoms with Crippen LogP contribution in [0, 0.1) is 0 Å². The first-order valence-corrected chi connectivity index (χ1v) is 5.62. The van der Waals surface area contributed by atoms with E-state index in [0.29, 0.717) is 0 Å². The second kappa shape index (κ2) is 4.51. The molecule has 0 bridgehead atoms. The minimum absolute atomic E-state index is 0. The van der Waals surface area contributed by atoms with Crippen molar-refractivity contribution >= 4 is 44.7 Å².